The molecule has 98 valence electrons. The molecular formula is C12H12F3NO2. The van der Waals surface area contributed by atoms with Gasteiger partial charge in [0, 0.05) is 0 Å². The molecule has 0 bridgehead atoms. The molecule has 1 saturated carbocycles. The van der Waals surface area contributed by atoms with E-state index >= 15 is 0 Å². The number of rotatable bonds is 3. The molecule has 2 N–H and O–H groups in total. The number of benzene rings is 1. The number of nitrogens with two attached hydrogens (primary N) is 1. The van der Waals surface area contributed by atoms with Gasteiger partial charge in [-0.2, -0.15) is 13.2 Å². The van der Waals surface area contributed by atoms with E-state index in [0.29, 0.717) is 5.56 Å². The van der Waals surface area contributed by atoms with Gasteiger partial charge >= 0.3 is 12.1 Å². The van der Waals surface area contributed by atoms with E-state index in [0.717, 1.165) is 0 Å². The summed E-state index contributed by atoms with van der Waals surface area (Å²) < 4.78 is 41.9. The summed E-state index contributed by atoms with van der Waals surface area (Å²) >= 11 is 0. The summed E-state index contributed by atoms with van der Waals surface area (Å²) in [6, 6.07) is 8.71. The molecule has 1 aromatic carbocycles. The van der Waals surface area contributed by atoms with Gasteiger partial charge in [0.05, 0.1) is 5.92 Å². The number of carbonyl (C=O) groups is 1. The van der Waals surface area contributed by atoms with Crippen LogP contribution in [-0.4, -0.2) is 17.7 Å². The zero-order valence-corrected chi connectivity index (χ0v) is 9.41. The van der Waals surface area contributed by atoms with E-state index in [1.54, 1.807) is 30.3 Å². The molecule has 6 heteroatoms. The maximum atomic E-state index is 12.4. The van der Waals surface area contributed by atoms with Crippen LogP contribution in [0.3, 0.4) is 0 Å². The largest absolute Gasteiger partial charge is 0.459 e. The summed E-state index contributed by atoms with van der Waals surface area (Å²) in [5.41, 5.74) is 4.20. The van der Waals surface area contributed by atoms with Crippen molar-refractivity contribution in [3.63, 3.8) is 0 Å². The lowest BCUT2D eigenvalue weighted by molar-refractivity contribution is -0.165. The van der Waals surface area contributed by atoms with Crippen LogP contribution in [0.15, 0.2) is 30.3 Å². The maximum Gasteiger partial charge on any atom is 0.394 e. The first kappa shape index (κ1) is 12.9. The monoisotopic (exact) mass is 259 g/mol. The Morgan fingerprint density at radius 2 is 2.00 bits per heavy atom. The Balaban J connectivity index is 1.91. The fraction of sp³-hybridized carbons (Fsp3) is 0.417. The Morgan fingerprint density at radius 3 is 2.50 bits per heavy atom. The zero-order chi connectivity index (χ0) is 13.4. The second-order valence-electron chi connectivity index (χ2n) is 4.40. The van der Waals surface area contributed by atoms with Gasteiger partial charge < -0.3 is 10.5 Å². The lowest BCUT2D eigenvalue weighted by atomic mass is 10.2. The fourth-order valence-corrected chi connectivity index (χ4v) is 1.77. The number of ether oxygens (including phenoxy) is 1. The van der Waals surface area contributed by atoms with Gasteiger partial charge in [-0.05, 0) is 12.0 Å². The van der Waals surface area contributed by atoms with Gasteiger partial charge in [-0.25, -0.2) is 0 Å². The van der Waals surface area contributed by atoms with E-state index in [-0.39, 0.29) is 6.61 Å². The van der Waals surface area contributed by atoms with Gasteiger partial charge in [-0.1, -0.05) is 30.3 Å². The maximum absolute atomic E-state index is 12.4. The van der Waals surface area contributed by atoms with Crippen molar-refractivity contribution in [3.05, 3.63) is 35.9 Å². The highest BCUT2D eigenvalue weighted by atomic mass is 19.4. The summed E-state index contributed by atoms with van der Waals surface area (Å²) in [5.74, 6) is -2.78. The smallest absolute Gasteiger partial charge is 0.394 e. The highest BCUT2D eigenvalue weighted by molar-refractivity contribution is 5.85. The average Bonchev–Trinajstić information content (AvgIpc) is 3.02. The third-order valence-electron chi connectivity index (χ3n) is 2.99. The van der Waals surface area contributed by atoms with E-state index in [4.69, 9.17) is 10.5 Å². The van der Waals surface area contributed by atoms with Crippen LogP contribution in [0.25, 0.3) is 0 Å². The zero-order valence-electron chi connectivity index (χ0n) is 9.41. The lowest BCUT2D eigenvalue weighted by Crippen LogP contribution is -2.40. The summed E-state index contributed by atoms with van der Waals surface area (Å²) in [4.78, 5) is 11.5. The molecule has 0 heterocycles. The molecule has 1 aliphatic rings. The SMILES string of the molecule is N[C@@]1(C(=O)OCc2ccccc2)C[C@@H]1C(F)(F)F. The average molecular weight is 259 g/mol. The first-order chi connectivity index (χ1) is 8.34. The highest BCUT2D eigenvalue weighted by Crippen LogP contribution is 2.52. The lowest BCUT2D eigenvalue weighted by Gasteiger charge is -2.13. The molecule has 1 aromatic rings. The van der Waals surface area contributed by atoms with Gasteiger partial charge in [0.25, 0.3) is 0 Å². The summed E-state index contributed by atoms with van der Waals surface area (Å²) in [7, 11) is 0. The van der Waals surface area contributed by atoms with E-state index < -0.39 is 30.0 Å². The minimum atomic E-state index is -4.44. The van der Waals surface area contributed by atoms with Gasteiger partial charge in [0.1, 0.15) is 12.1 Å². The third-order valence-corrected chi connectivity index (χ3v) is 2.99. The molecule has 0 amide bonds. The van der Waals surface area contributed by atoms with Crippen LogP contribution in [0.2, 0.25) is 0 Å². The molecule has 0 spiro atoms. The Hall–Kier alpha value is -1.56. The van der Waals surface area contributed by atoms with Crippen molar-refractivity contribution in [2.24, 2.45) is 11.7 Å². The van der Waals surface area contributed by atoms with E-state index in [1.165, 1.54) is 0 Å². The predicted octanol–water partition coefficient (Wildman–Crippen LogP) is 2.01. The number of hydrogen-bond donors (Lipinski definition) is 1. The summed E-state index contributed by atoms with van der Waals surface area (Å²) in [6.45, 7) is -0.0663. The minimum Gasteiger partial charge on any atom is -0.459 e. The minimum absolute atomic E-state index is 0.0663. The third kappa shape index (κ3) is 2.48. The molecule has 2 rings (SSSR count). The number of halogens is 3. The molecule has 0 aliphatic heterocycles. The van der Waals surface area contributed by atoms with Crippen molar-refractivity contribution in [3.8, 4) is 0 Å². The molecule has 1 aliphatic carbocycles. The van der Waals surface area contributed by atoms with Crippen molar-refractivity contribution >= 4 is 5.97 Å². The highest BCUT2D eigenvalue weighted by Gasteiger charge is 2.70. The molecule has 18 heavy (non-hydrogen) atoms. The van der Waals surface area contributed by atoms with Crippen LogP contribution < -0.4 is 5.73 Å². The molecule has 0 unspecified atom stereocenters. The van der Waals surface area contributed by atoms with Crippen molar-refractivity contribution in [2.45, 2.75) is 24.7 Å². The van der Waals surface area contributed by atoms with E-state index in [9.17, 15) is 18.0 Å². The van der Waals surface area contributed by atoms with Crippen LogP contribution in [-0.2, 0) is 16.1 Å². The first-order valence-electron chi connectivity index (χ1n) is 5.41. The van der Waals surface area contributed by atoms with Crippen LogP contribution >= 0.6 is 0 Å². The first-order valence-corrected chi connectivity index (χ1v) is 5.41. The predicted molar refractivity (Wildman–Crippen MR) is 57.3 cm³/mol. The van der Waals surface area contributed by atoms with Crippen LogP contribution in [0, 0.1) is 5.92 Å². The second kappa shape index (κ2) is 4.28. The Morgan fingerprint density at radius 1 is 1.39 bits per heavy atom. The van der Waals surface area contributed by atoms with Crippen molar-refractivity contribution in [1.29, 1.82) is 0 Å². The Kier molecular flexibility index (Phi) is 3.06. The van der Waals surface area contributed by atoms with Crippen molar-refractivity contribution in [2.75, 3.05) is 0 Å². The Bertz CT molecular complexity index is 446. The van der Waals surface area contributed by atoms with Crippen molar-refractivity contribution < 1.29 is 22.7 Å². The molecule has 0 radical (unpaired) electrons. The molecule has 0 saturated heterocycles. The van der Waals surface area contributed by atoms with Gasteiger partial charge in [0.2, 0.25) is 0 Å². The van der Waals surface area contributed by atoms with Gasteiger partial charge in [-0.15, -0.1) is 0 Å². The van der Waals surface area contributed by atoms with Crippen LogP contribution in [0.5, 0.6) is 0 Å². The number of esters is 1. The van der Waals surface area contributed by atoms with Crippen molar-refractivity contribution in [1.82, 2.24) is 0 Å². The number of alkyl halides is 3. The summed E-state index contributed by atoms with van der Waals surface area (Å²) in [6.07, 6.45) is -4.84. The second-order valence-corrected chi connectivity index (χ2v) is 4.40. The topological polar surface area (TPSA) is 52.3 Å². The fourth-order valence-electron chi connectivity index (χ4n) is 1.77. The number of carbonyl (C=O) groups excluding carboxylic acids is 1. The summed E-state index contributed by atoms with van der Waals surface area (Å²) in [5, 5.41) is 0. The number of hydrogen-bond acceptors (Lipinski definition) is 3. The van der Waals surface area contributed by atoms with E-state index in [1.807, 2.05) is 0 Å². The van der Waals surface area contributed by atoms with Gasteiger partial charge in [-0.3, -0.25) is 4.79 Å². The Labute approximate surface area is 102 Å². The molecule has 0 aromatic heterocycles. The molecular weight excluding hydrogens is 247 g/mol. The standard InChI is InChI=1S/C12H12F3NO2/c13-12(14,15)9-6-11(9,16)10(17)18-7-8-4-2-1-3-5-8/h1-5,9H,6-7,16H2/t9-,11-/m0/s1. The molecule has 2 atom stereocenters. The van der Waals surface area contributed by atoms with Crippen LogP contribution in [0.4, 0.5) is 13.2 Å². The quantitative estimate of drug-likeness (QED) is 0.845. The van der Waals surface area contributed by atoms with E-state index in [2.05, 4.69) is 0 Å². The molecule has 3 nitrogen and oxygen atoms in total. The van der Waals surface area contributed by atoms with Crippen LogP contribution in [0.1, 0.15) is 12.0 Å². The molecule has 1 fully saturated rings. The van der Waals surface area contributed by atoms with Gasteiger partial charge in [0.15, 0.2) is 0 Å². The normalized spacial score (nSPS) is 26.8.